The smallest absolute Gasteiger partial charge is 0.341 e. The highest BCUT2D eigenvalue weighted by molar-refractivity contribution is 7.98. The zero-order valence-electron chi connectivity index (χ0n) is 14.6. The molecular weight excluding hydrogens is 336 g/mol. The number of hydrogen-bond acceptors (Lipinski definition) is 5. The zero-order chi connectivity index (χ0) is 18.2. The van der Waals surface area contributed by atoms with Gasteiger partial charge in [-0.2, -0.15) is 0 Å². The summed E-state index contributed by atoms with van der Waals surface area (Å²) in [5.74, 6) is -0.684. The molecule has 0 aliphatic heterocycles. The molecule has 1 amide bonds. The summed E-state index contributed by atoms with van der Waals surface area (Å²) in [4.78, 5) is 28.6. The molecule has 0 aliphatic carbocycles. The van der Waals surface area contributed by atoms with Gasteiger partial charge in [-0.1, -0.05) is 37.3 Å². The molecule has 2 rings (SSSR count). The number of nitrogens with zero attached hydrogens (tertiary/aromatic N) is 1. The number of pyridine rings is 1. The van der Waals surface area contributed by atoms with E-state index in [0.717, 1.165) is 5.56 Å². The molecule has 1 heterocycles. The normalized spacial score (nSPS) is 12.9. The number of benzene rings is 1. The number of ether oxygens (including phenoxy) is 1. The van der Waals surface area contributed by atoms with Gasteiger partial charge in [0.05, 0.1) is 5.56 Å². The minimum absolute atomic E-state index is 0.175. The van der Waals surface area contributed by atoms with E-state index in [1.54, 1.807) is 25.3 Å². The molecule has 0 fully saturated rings. The number of hydrogen-bond donors (Lipinski definition) is 1. The molecule has 0 saturated carbocycles. The van der Waals surface area contributed by atoms with E-state index in [9.17, 15) is 9.59 Å². The first kappa shape index (κ1) is 19.0. The number of nitrogens with one attached hydrogen (secondary N) is 1. The molecule has 1 N–H and O–H groups in total. The standard InChI is InChI=1S/C19H22N2O3S/c1-13(15-8-5-4-6-9-15)12-21-17(22)14(2)24-19(23)16-10-7-11-20-18(16)25-3/h4-11,13-14H,12H2,1-3H3,(H,21,22)/t13-,14-/m0/s1. The Hall–Kier alpha value is -2.34. The average molecular weight is 358 g/mol. The quantitative estimate of drug-likeness (QED) is 0.608. The maximum Gasteiger partial charge on any atom is 0.341 e. The lowest BCUT2D eigenvalue weighted by molar-refractivity contribution is -0.129. The Balaban J connectivity index is 1.88. The van der Waals surface area contributed by atoms with E-state index < -0.39 is 12.1 Å². The average Bonchev–Trinajstić information content (AvgIpc) is 2.66. The van der Waals surface area contributed by atoms with Crippen molar-refractivity contribution in [2.45, 2.75) is 30.9 Å². The van der Waals surface area contributed by atoms with Crippen LogP contribution in [0.5, 0.6) is 0 Å². The minimum atomic E-state index is -0.870. The molecule has 0 unspecified atom stereocenters. The van der Waals surface area contributed by atoms with Crippen molar-refractivity contribution in [3.63, 3.8) is 0 Å². The molecular formula is C19H22N2O3S. The zero-order valence-corrected chi connectivity index (χ0v) is 15.4. The van der Waals surface area contributed by atoms with Crippen LogP contribution in [0.4, 0.5) is 0 Å². The van der Waals surface area contributed by atoms with Crippen molar-refractivity contribution in [2.24, 2.45) is 0 Å². The Morgan fingerprint density at radius 2 is 1.88 bits per heavy atom. The number of esters is 1. The molecule has 0 aliphatic rings. The van der Waals surface area contributed by atoms with Gasteiger partial charge < -0.3 is 10.1 Å². The van der Waals surface area contributed by atoms with Gasteiger partial charge in [-0.25, -0.2) is 9.78 Å². The highest BCUT2D eigenvalue weighted by Gasteiger charge is 2.21. The summed E-state index contributed by atoms with van der Waals surface area (Å²) in [5.41, 5.74) is 1.51. The van der Waals surface area contributed by atoms with Gasteiger partial charge in [0.15, 0.2) is 6.10 Å². The molecule has 132 valence electrons. The van der Waals surface area contributed by atoms with Crippen LogP contribution in [0.3, 0.4) is 0 Å². The number of carbonyl (C=O) groups is 2. The largest absolute Gasteiger partial charge is 0.449 e. The maximum atomic E-state index is 12.2. The van der Waals surface area contributed by atoms with Crippen LogP contribution in [0.1, 0.15) is 35.7 Å². The highest BCUT2D eigenvalue weighted by atomic mass is 32.2. The van der Waals surface area contributed by atoms with Crippen molar-refractivity contribution in [1.82, 2.24) is 10.3 Å². The lowest BCUT2D eigenvalue weighted by atomic mass is 10.0. The number of rotatable bonds is 7. The molecule has 1 aromatic carbocycles. The number of thioether (sulfide) groups is 1. The second-order valence-electron chi connectivity index (χ2n) is 5.66. The van der Waals surface area contributed by atoms with Crippen LogP contribution in [0, 0.1) is 0 Å². The van der Waals surface area contributed by atoms with E-state index in [0.29, 0.717) is 17.1 Å². The van der Waals surface area contributed by atoms with Crippen LogP contribution >= 0.6 is 11.8 Å². The topological polar surface area (TPSA) is 68.3 Å². The van der Waals surface area contributed by atoms with E-state index >= 15 is 0 Å². The fourth-order valence-electron chi connectivity index (χ4n) is 2.28. The molecule has 0 radical (unpaired) electrons. The summed E-state index contributed by atoms with van der Waals surface area (Å²) in [6.07, 6.45) is 2.58. The fraction of sp³-hybridized carbons (Fsp3) is 0.316. The van der Waals surface area contributed by atoms with Gasteiger partial charge in [-0.15, -0.1) is 11.8 Å². The lowest BCUT2D eigenvalue weighted by Gasteiger charge is -2.17. The van der Waals surface area contributed by atoms with Crippen LogP contribution in [0.2, 0.25) is 0 Å². The van der Waals surface area contributed by atoms with Gasteiger partial charge in [0.1, 0.15) is 5.03 Å². The molecule has 0 saturated heterocycles. The van der Waals surface area contributed by atoms with Crippen LogP contribution in [0.15, 0.2) is 53.7 Å². The SMILES string of the molecule is CSc1ncccc1C(=O)O[C@@H](C)C(=O)NC[C@H](C)c1ccccc1. The van der Waals surface area contributed by atoms with E-state index in [-0.39, 0.29) is 11.8 Å². The Labute approximate surface area is 152 Å². The third-order valence-electron chi connectivity index (χ3n) is 3.79. The van der Waals surface area contributed by atoms with E-state index in [2.05, 4.69) is 10.3 Å². The van der Waals surface area contributed by atoms with Crippen molar-refractivity contribution >= 4 is 23.6 Å². The molecule has 0 spiro atoms. The fourth-order valence-corrected chi connectivity index (χ4v) is 2.82. The molecule has 6 heteroatoms. The predicted octanol–water partition coefficient (Wildman–Crippen LogP) is 3.27. The first-order chi connectivity index (χ1) is 12.0. The highest BCUT2D eigenvalue weighted by Crippen LogP contribution is 2.18. The summed E-state index contributed by atoms with van der Waals surface area (Å²) < 4.78 is 5.27. The molecule has 25 heavy (non-hydrogen) atoms. The predicted molar refractivity (Wildman–Crippen MR) is 98.8 cm³/mol. The van der Waals surface area contributed by atoms with Crippen LogP contribution in [-0.2, 0) is 9.53 Å². The molecule has 5 nitrogen and oxygen atoms in total. The summed E-state index contributed by atoms with van der Waals surface area (Å²) in [6, 6.07) is 13.2. The van der Waals surface area contributed by atoms with Crippen molar-refractivity contribution < 1.29 is 14.3 Å². The summed E-state index contributed by atoms with van der Waals surface area (Å²) in [5, 5.41) is 3.41. The maximum absolute atomic E-state index is 12.2. The Morgan fingerprint density at radius 3 is 2.56 bits per heavy atom. The first-order valence-electron chi connectivity index (χ1n) is 8.05. The second kappa shape index (κ2) is 9.22. The third-order valence-corrected chi connectivity index (χ3v) is 4.50. The van der Waals surface area contributed by atoms with Crippen molar-refractivity contribution in [3.8, 4) is 0 Å². The van der Waals surface area contributed by atoms with E-state index in [1.165, 1.54) is 11.8 Å². The molecule has 1 aromatic heterocycles. The Kier molecular flexibility index (Phi) is 7.01. The third kappa shape index (κ3) is 5.32. The number of amides is 1. The van der Waals surface area contributed by atoms with Gasteiger partial charge in [0.2, 0.25) is 0 Å². The van der Waals surface area contributed by atoms with Crippen molar-refractivity contribution in [3.05, 3.63) is 59.8 Å². The van der Waals surface area contributed by atoms with Gasteiger partial charge >= 0.3 is 5.97 Å². The summed E-state index contributed by atoms with van der Waals surface area (Å²) in [7, 11) is 0. The van der Waals surface area contributed by atoms with Crippen LogP contribution < -0.4 is 5.32 Å². The lowest BCUT2D eigenvalue weighted by Crippen LogP contribution is -2.37. The molecule has 2 atom stereocenters. The van der Waals surface area contributed by atoms with E-state index in [1.807, 2.05) is 43.5 Å². The summed E-state index contributed by atoms with van der Waals surface area (Å²) >= 11 is 1.36. The van der Waals surface area contributed by atoms with Gasteiger partial charge in [0.25, 0.3) is 5.91 Å². The van der Waals surface area contributed by atoms with Crippen molar-refractivity contribution in [2.75, 3.05) is 12.8 Å². The second-order valence-corrected chi connectivity index (χ2v) is 6.46. The van der Waals surface area contributed by atoms with Gasteiger partial charge in [0, 0.05) is 12.7 Å². The van der Waals surface area contributed by atoms with Gasteiger partial charge in [-0.3, -0.25) is 4.79 Å². The van der Waals surface area contributed by atoms with Crippen LogP contribution in [-0.4, -0.2) is 35.8 Å². The number of aromatic nitrogens is 1. The molecule has 0 bridgehead atoms. The Morgan fingerprint density at radius 1 is 1.16 bits per heavy atom. The Bertz CT molecular complexity index is 722. The van der Waals surface area contributed by atoms with E-state index in [4.69, 9.17) is 4.74 Å². The van der Waals surface area contributed by atoms with Crippen LogP contribution in [0.25, 0.3) is 0 Å². The van der Waals surface area contributed by atoms with Crippen molar-refractivity contribution in [1.29, 1.82) is 0 Å². The van der Waals surface area contributed by atoms with Gasteiger partial charge in [-0.05, 0) is 36.8 Å². The molecule has 2 aromatic rings. The minimum Gasteiger partial charge on any atom is -0.449 e. The number of carbonyl (C=O) groups excluding carboxylic acids is 2. The first-order valence-corrected chi connectivity index (χ1v) is 9.28. The monoisotopic (exact) mass is 358 g/mol. The summed E-state index contributed by atoms with van der Waals surface area (Å²) in [6.45, 7) is 4.08.